The highest BCUT2D eigenvalue weighted by Crippen LogP contribution is 2.21. The van der Waals surface area contributed by atoms with E-state index in [4.69, 9.17) is 9.47 Å². The molecule has 144 valence electrons. The molecule has 0 unspecified atom stereocenters. The van der Waals surface area contributed by atoms with Gasteiger partial charge in [-0.15, -0.1) is 0 Å². The molecule has 1 N–H and O–H groups in total. The lowest BCUT2D eigenvalue weighted by atomic mass is 10.2. The molecule has 3 aromatic carbocycles. The molecule has 0 saturated carbocycles. The first kappa shape index (κ1) is 20.0. The molecule has 0 aliphatic heterocycles. The minimum absolute atomic E-state index is 0.0452. The summed E-state index contributed by atoms with van der Waals surface area (Å²) in [4.78, 5) is 12.1. The van der Waals surface area contributed by atoms with E-state index in [1.807, 2.05) is 67.6 Å². The van der Waals surface area contributed by atoms with Gasteiger partial charge in [-0.25, -0.2) is 0 Å². The van der Waals surface area contributed by atoms with Gasteiger partial charge in [0, 0.05) is 16.6 Å². The molecular formula is C23H22BrNO3. The number of rotatable bonds is 8. The van der Waals surface area contributed by atoms with Crippen molar-refractivity contribution in [2.24, 2.45) is 0 Å². The van der Waals surface area contributed by atoms with E-state index in [9.17, 15) is 4.79 Å². The summed E-state index contributed by atoms with van der Waals surface area (Å²) in [6.45, 7) is 2.53. The maximum atomic E-state index is 12.1. The number of carbonyl (C=O) groups is 1. The first-order chi connectivity index (χ1) is 13.6. The Morgan fingerprint density at radius 2 is 1.64 bits per heavy atom. The molecule has 0 saturated heterocycles. The van der Waals surface area contributed by atoms with Crippen molar-refractivity contribution in [3.8, 4) is 11.5 Å². The Labute approximate surface area is 173 Å². The van der Waals surface area contributed by atoms with Crippen LogP contribution in [0.4, 0.5) is 5.69 Å². The Balaban J connectivity index is 1.42. The summed E-state index contributed by atoms with van der Waals surface area (Å²) in [5.41, 5.74) is 3.00. The Bertz CT molecular complexity index is 911. The lowest BCUT2D eigenvalue weighted by Crippen LogP contribution is -2.20. The summed E-state index contributed by atoms with van der Waals surface area (Å²) >= 11 is 3.44. The van der Waals surface area contributed by atoms with E-state index in [1.54, 1.807) is 0 Å². The van der Waals surface area contributed by atoms with Crippen LogP contribution < -0.4 is 14.8 Å². The molecule has 4 nitrogen and oxygen atoms in total. The van der Waals surface area contributed by atoms with Crippen LogP contribution >= 0.6 is 15.9 Å². The molecule has 1 amide bonds. The van der Waals surface area contributed by atoms with Crippen molar-refractivity contribution >= 4 is 27.5 Å². The van der Waals surface area contributed by atoms with Crippen LogP contribution in [0.15, 0.2) is 77.3 Å². The van der Waals surface area contributed by atoms with Crippen LogP contribution in [0.3, 0.4) is 0 Å². The topological polar surface area (TPSA) is 47.6 Å². The summed E-state index contributed by atoms with van der Waals surface area (Å²) < 4.78 is 12.3. The van der Waals surface area contributed by atoms with Gasteiger partial charge < -0.3 is 14.8 Å². The summed E-state index contributed by atoms with van der Waals surface area (Å²) in [5.74, 6) is 1.23. The fraction of sp³-hybridized carbons (Fsp3) is 0.174. The van der Waals surface area contributed by atoms with E-state index in [0.29, 0.717) is 18.0 Å². The average molecular weight is 440 g/mol. The van der Waals surface area contributed by atoms with Gasteiger partial charge in [-0.05, 0) is 60.5 Å². The van der Waals surface area contributed by atoms with E-state index >= 15 is 0 Å². The second kappa shape index (κ2) is 9.95. The summed E-state index contributed by atoms with van der Waals surface area (Å²) in [6.07, 6.45) is 0.853. The maximum absolute atomic E-state index is 12.1. The van der Waals surface area contributed by atoms with Crippen molar-refractivity contribution in [2.45, 2.75) is 13.3 Å². The molecule has 0 radical (unpaired) electrons. The molecule has 0 heterocycles. The Kier molecular flexibility index (Phi) is 7.09. The monoisotopic (exact) mass is 439 g/mol. The van der Waals surface area contributed by atoms with Crippen LogP contribution in [0.5, 0.6) is 11.5 Å². The predicted octanol–water partition coefficient (Wildman–Crippen LogP) is 5.40. The Morgan fingerprint density at radius 1 is 0.929 bits per heavy atom. The van der Waals surface area contributed by atoms with E-state index in [2.05, 4.69) is 33.4 Å². The number of benzene rings is 3. The summed E-state index contributed by atoms with van der Waals surface area (Å²) in [6, 6.07) is 23.2. The fourth-order valence-electron chi connectivity index (χ4n) is 2.62. The first-order valence-corrected chi connectivity index (χ1v) is 9.85. The van der Waals surface area contributed by atoms with Gasteiger partial charge >= 0.3 is 0 Å². The first-order valence-electron chi connectivity index (χ1n) is 9.06. The molecule has 5 heteroatoms. The largest absolute Gasteiger partial charge is 0.493 e. The van der Waals surface area contributed by atoms with Crippen molar-refractivity contribution in [3.63, 3.8) is 0 Å². The zero-order valence-electron chi connectivity index (χ0n) is 15.7. The lowest BCUT2D eigenvalue weighted by molar-refractivity contribution is -0.118. The van der Waals surface area contributed by atoms with Crippen molar-refractivity contribution in [2.75, 3.05) is 18.5 Å². The molecule has 3 rings (SSSR count). The number of hydrogen-bond donors (Lipinski definition) is 1. The highest BCUT2D eigenvalue weighted by atomic mass is 79.9. The summed E-state index contributed by atoms with van der Waals surface area (Å²) in [5, 5.41) is 2.82. The maximum Gasteiger partial charge on any atom is 0.262 e. The van der Waals surface area contributed by atoms with Crippen molar-refractivity contribution in [1.82, 2.24) is 0 Å². The van der Waals surface area contributed by atoms with Gasteiger partial charge in [0.2, 0.25) is 0 Å². The van der Waals surface area contributed by atoms with Crippen LogP contribution in [-0.4, -0.2) is 19.1 Å². The Morgan fingerprint density at radius 3 is 2.36 bits per heavy atom. The summed E-state index contributed by atoms with van der Waals surface area (Å²) in [7, 11) is 0. The third kappa shape index (κ3) is 6.13. The number of hydrogen-bond acceptors (Lipinski definition) is 3. The number of ether oxygens (including phenoxy) is 2. The SMILES string of the molecule is Cc1cc(OCC(=O)Nc2ccc(OCCc3ccccc3)cc2)ccc1Br. The van der Waals surface area contributed by atoms with Crippen LogP contribution in [0.25, 0.3) is 0 Å². The minimum atomic E-state index is -0.210. The fourth-order valence-corrected chi connectivity index (χ4v) is 2.87. The number of nitrogens with one attached hydrogen (secondary N) is 1. The standard InChI is InChI=1S/C23H22BrNO3/c1-17-15-21(11-12-22(17)24)28-16-23(26)25-19-7-9-20(10-8-19)27-14-13-18-5-3-2-4-6-18/h2-12,15H,13-14,16H2,1H3,(H,25,26). The van der Waals surface area contributed by atoms with Crippen LogP contribution in [0, 0.1) is 6.92 Å². The van der Waals surface area contributed by atoms with E-state index in [1.165, 1.54) is 5.56 Å². The van der Waals surface area contributed by atoms with Crippen LogP contribution in [-0.2, 0) is 11.2 Å². The molecule has 0 atom stereocenters. The zero-order valence-corrected chi connectivity index (χ0v) is 17.2. The quantitative estimate of drug-likeness (QED) is 0.511. The Hall–Kier alpha value is -2.79. The highest BCUT2D eigenvalue weighted by molar-refractivity contribution is 9.10. The second-order valence-electron chi connectivity index (χ2n) is 6.36. The van der Waals surface area contributed by atoms with Gasteiger partial charge in [-0.1, -0.05) is 46.3 Å². The van der Waals surface area contributed by atoms with Crippen molar-refractivity contribution in [1.29, 1.82) is 0 Å². The molecule has 0 aliphatic carbocycles. The van der Waals surface area contributed by atoms with Crippen molar-refractivity contribution < 1.29 is 14.3 Å². The van der Waals surface area contributed by atoms with Gasteiger partial charge in [0.15, 0.2) is 6.61 Å². The number of carbonyl (C=O) groups excluding carboxylic acids is 1. The van der Waals surface area contributed by atoms with Gasteiger partial charge in [-0.3, -0.25) is 4.79 Å². The second-order valence-corrected chi connectivity index (χ2v) is 7.21. The third-order valence-electron chi connectivity index (χ3n) is 4.14. The predicted molar refractivity (Wildman–Crippen MR) is 115 cm³/mol. The van der Waals surface area contributed by atoms with Gasteiger partial charge in [0.05, 0.1) is 6.61 Å². The highest BCUT2D eigenvalue weighted by Gasteiger charge is 2.05. The smallest absolute Gasteiger partial charge is 0.262 e. The van der Waals surface area contributed by atoms with Crippen molar-refractivity contribution in [3.05, 3.63) is 88.4 Å². The van der Waals surface area contributed by atoms with Gasteiger partial charge in [-0.2, -0.15) is 0 Å². The van der Waals surface area contributed by atoms with Crippen LogP contribution in [0.2, 0.25) is 0 Å². The van der Waals surface area contributed by atoms with Gasteiger partial charge in [0.25, 0.3) is 5.91 Å². The number of halogens is 1. The van der Waals surface area contributed by atoms with Crippen LogP contribution in [0.1, 0.15) is 11.1 Å². The molecular weight excluding hydrogens is 418 g/mol. The molecule has 0 aliphatic rings. The zero-order chi connectivity index (χ0) is 19.8. The number of anilines is 1. The van der Waals surface area contributed by atoms with Gasteiger partial charge in [0.1, 0.15) is 11.5 Å². The lowest BCUT2D eigenvalue weighted by Gasteiger charge is -2.10. The van der Waals surface area contributed by atoms with E-state index in [-0.39, 0.29) is 12.5 Å². The number of aryl methyl sites for hydroxylation is 1. The van der Waals surface area contributed by atoms with E-state index < -0.39 is 0 Å². The molecule has 0 fully saturated rings. The van der Waals surface area contributed by atoms with E-state index in [0.717, 1.165) is 22.2 Å². The molecule has 3 aromatic rings. The normalized spacial score (nSPS) is 10.4. The molecule has 0 bridgehead atoms. The molecule has 28 heavy (non-hydrogen) atoms. The molecule has 0 aromatic heterocycles. The number of amides is 1. The average Bonchev–Trinajstić information content (AvgIpc) is 2.71. The minimum Gasteiger partial charge on any atom is -0.493 e. The molecule has 0 spiro atoms. The third-order valence-corrected chi connectivity index (χ3v) is 5.03.